The van der Waals surface area contributed by atoms with Crippen molar-refractivity contribution in [1.29, 1.82) is 0 Å². The maximum atomic E-state index is 12.8. The third-order valence-corrected chi connectivity index (χ3v) is 7.98. The molecule has 0 unspecified atom stereocenters. The zero-order valence-corrected chi connectivity index (χ0v) is 18.1. The number of nitrogens with one attached hydrogen (secondary N) is 1. The molecule has 150 valence electrons. The number of carbonyl (C=O) groups excluding carboxylic acids is 1. The highest BCUT2D eigenvalue weighted by molar-refractivity contribution is 9.10. The first-order valence-electron chi connectivity index (χ1n) is 9.64. The molecule has 0 spiro atoms. The molecule has 0 radical (unpaired) electrons. The molecular formula is C19H28BrN3O3S. The van der Waals surface area contributed by atoms with E-state index in [2.05, 4.69) is 28.2 Å². The first-order valence-corrected chi connectivity index (χ1v) is 11.9. The Morgan fingerprint density at radius 3 is 2.56 bits per heavy atom. The number of sulfonamides is 1. The SMILES string of the molecule is C[C@H]1CCCC[C@H]1NC(=O)CN1CCN(S(=O)(=O)c2cccc(Br)c2)CC1. The van der Waals surface area contributed by atoms with E-state index in [9.17, 15) is 13.2 Å². The molecule has 1 saturated carbocycles. The number of hydrogen-bond acceptors (Lipinski definition) is 4. The molecule has 3 rings (SSSR count). The van der Waals surface area contributed by atoms with E-state index in [1.54, 1.807) is 18.2 Å². The molecule has 2 atom stereocenters. The van der Waals surface area contributed by atoms with E-state index in [1.165, 1.54) is 23.6 Å². The predicted octanol–water partition coefficient (Wildman–Crippen LogP) is 2.45. The van der Waals surface area contributed by atoms with Crippen LogP contribution in [-0.2, 0) is 14.8 Å². The highest BCUT2D eigenvalue weighted by Crippen LogP contribution is 2.24. The Kier molecular flexibility index (Phi) is 6.94. The molecule has 0 aromatic heterocycles. The third kappa shape index (κ3) is 5.31. The van der Waals surface area contributed by atoms with E-state index in [-0.39, 0.29) is 11.9 Å². The molecule has 0 bridgehead atoms. The van der Waals surface area contributed by atoms with Gasteiger partial charge in [0, 0.05) is 36.7 Å². The van der Waals surface area contributed by atoms with Crippen LogP contribution in [0.3, 0.4) is 0 Å². The van der Waals surface area contributed by atoms with Crippen molar-refractivity contribution in [3.8, 4) is 0 Å². The van der Waals surface area contributed by atoms with Crippen LogP contribution in [0.5, 0.6) is 0 Å². The number of amides is 1. The summed E-state index contributed by atoms with van der Waals surface area (Å²) in [5.41, 5.74) is 0. The number of benzene rings is 1. The Morgan fingerprint density at radius 2 is 1.89 bits per heavy atom. The highest BCUT2D eigenvalue weighted by atomic mass is 79.9. The lowest BCUT2D eigenvalue weighted by molar-refractivity contribution is -0.123. The topological polar surface area (TPSA) is 69.7 Å². The van der Waals surface area contributed by atoms with Crippen molar-refractivity contribution in [1.82, 2.24) is 14.5 Å². The predicted molar refractivity (Wildman–Crippen MR) is 109 cm³/mol. The van der Waals surface area contributed by atoms with Gasteiger partial charge in [0.1, 0.15) is 0 Å². The standard InChI is InChI=1S/C19H28BrN3O3S/c1-15-5-2-3-8-18(15)21-19(24)14-22-9-11-23(12-10-22)27(25,26)17-7-4-6-16(20)13-17/h4,6-7,13,15,18H,2-3,5,8-12,14H2,1H3,(H,21,24)/t15-,18+/m0/s1. The van der Waals surface area contributed by atoms with E-state index >= 15 is 0 Å². The van der Waals surface area contributed by atoms with Crippen LogP contribution in [0, 0.1) is 5.92 Å². The summed E-state index contributed by atoms with van der Waals surface area (Å²) < 4.78 is 27.8. The molecule has 1 aliphatic carbocycles. The van der Waals surface area contributed by atoms with Gasteiger partial charge < -0.3 is 5.32 Å². The van der Waals surface area contributed by atoms with Gasteiger partial charge >= 0.3 is 0 Å². The summed E-state index contributed by atoms with van der Waals surface area (Å²) in [5.74, 6) is 0.590. The van der Waals surface area contributed by atoms with Gasteiger partial charge in [0.05, 0.1) is 11.4 Å². The van der Waals surface area contributed by atoms with Gasteiger partial charge in [-0.25, -0.2) is 8.42 Å². The van der Waals surface area contributed by atoms with E-state index in [0.717, 1.165) is 10.9 Å². The summed E-state index contributed by atoms with van der Waals surface area (Å²) >= 11 is 3.32. The van der Waals surface area contributed by atoms with Gasteiger partial charge in [-0.2, -0.15) is 4.31 Å². The monoisotopic (exact) mass is 457 g/mol. The first kappa shape index (κ1) is 20.8. The summed E-state index contributed by atoms with van der Waals surface area (Å²) in [6, 6.07) is 7.06. The van der Waals surface area contributed by atoms with Crippen molar-refractivity contribution in [2.45, 2.75) is 43.5 Å². The van der Waals surface area contributed by atoms with Crippen molar-refractivity contribution >= 4 is 31.9 Å². The fraction of sp³-hybridized carbons (Fsp3) is 0.632. The summed E-state index contributed by atoms with van der Waals surface area (Å²) in [5, 5.41) is 3.17. The van der Waals surface area contributed by atoms with Gasteiger partial charge in [0.15, 0.2) is 0 Å². The average molecular weight is 458 g/mol. The number of nitrogens with zero attached hydrogens (tertiary/aromatic N) is 2. The number of rotatable bonds is 5. The number of hydrogen-bond donors (Lipinski definition) is 1. The molecule has 1 amide bonds. The lowest BCUT2D eigenvalue weighted by Crippen LogP contribution is -2.52. The molecule has 2 aliphatic rings. The van der Waals surface area contributed by atoms with Gasteiger partial charge in [-0.05, 0) is 37.0 Å². The largest absolute Gasteiger partial charge is 0.352 e. The van der Waals surface area contributed by atoms with Crippen LogP contribution in [0.2, 0.25) is 0 Å². The fourth-order valence-electron chi connectivity index (χ4n) is 3.89. The Balaban J connectivity index is 1.50. The second-order valence-electron chi connectivity index (χ2n) is 7.57. The minimum Gasteiger partial charge on any atom is -0.352 e. The molecule has 6 nitrogen and oxygen atoms in total. The molecule has 1 aromatic carbocycles. The van der Waals surface area contributed by atoms with Crippen LogP contribution >= 0.6 is 15.9 Å². The Hall–Kier alpha value is -0.960. The maximum absolute atomic E-state index is 12.8. The highest BCUT2D eigenvalue weighted by Gasteiger charge is 2.30. The molecule has 1 saturated heterocycles. The summed E-state index contributed by atoms with van der Waals surface area (Å²) in [7, 11) is -3.49. The van der Waals surface area contributed by atoms with Crippen LogP contribution in [0.15, 0.2) is 33.6 Å². The van der Waals surface area contributed by atoms with E-state index < -0.39 is 10.0 Å². The van der Waals surface area contributed by atoms with E-state index in [4.69, 9.17) is 0 Å². The summed E-state index contributed by atoms with van der Waals surface area (Å²) in [6.45, 7) is 4.50. The molecular weight excluding hydrogens is 430 g/mol. The van der Waals surface area contributed by atoms with Gasteiger partial charge in [0.25, 0.3) is 0 Å². The van der Waals surface area contributed by atoms with Crippen molar-refractivity contribution in [3.63, 3.8) is 0 Å². The molecule has 1 aromatic rings. The maximum Gasteiger partial charge on any atom is 0.243 e. The van der Waals surface area contributed by atoms with Gasteiger partial charge in [-0.1, -0.05) is 41.8 Å². The zero-order valence-electron chi connectivity index (χ0n) is 15.7. The van der Waals surface area contributed by atoms with Crippen LogP contribution < -0.4 is 5.32 Å². The van der Waals surface area contributed by atoms with Crippen LogP contribution in [0.25, 0.3) is 0 Å². The third-order valence-electron chi connectivity index (χ3n) is 5.59. The van der Waals surface area contributed by atoms with E-state index in [1.807, 2.05) is 11.0 Å². The minimum atomic E-state index is -3.49. The molecule has 1 heterocycles. The Morgan fingerprint density at radius 1 is 1.19 bits per heavy atom. The fourth-order valence-corrected chi connectivity index (χ4v) is 5.91. The van der Waals surface area contributed by atoms with Crippen molar-refractivity contribution in [3.05, 3.63) is 28.7 Å². The lowest BCUT2D eigenvalue weighted by atomic mass is 9.86. The van der Waals surface area contributed by atoms with Crippen molar-refractivity contribution in [2.24, 2.45) is 5.92 Å². The van der Waals surface area contributed by atoms with Crippen molar-refractivity contribution in [2.75, 3.05) is 32.7 Å². The van der Waals surface area contributed by atoms with Crippen LogP contribution in [-0.4, -0.2) is 62.3 Å². The zero-order chi connectivity index (χ0) is 19.4. The Bertz CT molecular complexity index is 763. The normalized spacial score (nSPS) is 25.3. The summed E-state index contributed by atoms with van der Waals surface area (Å²) in [6.07, 6.45) is 4.67. The van der Waals surface area contributed by atoms with Gasteiger partial charge in [0.2, 0.25) is 15.9 Å². The molecule has 1 N–H and O–H groups in total. The second-order valence-corrected chi connectivity index (χ2v) is 10.4. The van der Waals surface area contributed by atoms with Crippen LogP contribution in [0.1, 0.15) is 32.6 Å². The number of carbonyl (C=O) groups is 1. The first-order chi connectivity index (χ1) is 12.9. The van der Waals surface area contributed by atoms with Gasteiger partial charge in [-0.3, -0.25) is 9.69 Å². The minimum absolute atomic E-state index is 0.0528. The van der Waals surface area contributed by atoms with Crippen LogP contribution in [0.4, 0.5) is 0 Å². The van der Waals surface area contributed by atoms with E-state index in [0.29, 0.717) is 43.5 Å². The second kappa shape index (κ2) is 9.03. The molecule has 1 aliphatic heterocycles. The molecule has 8 heteroatoms. The quantitative estimate of drug-likeness (QED) is 0.736. The lowest BCUT2D eigenvalue weighted by Gasteiger charge is -2.34. The van der Waals surface area contributed by atoms with Gasteiger partial charge in [-0.15, -0.1) is 0 Å². The molecule has 2 fully saturated rings. The average Bonchev–Trinajstić information content (AvgIpc) is 2.64. The number of piperazine rings is 1. The summed E-state index contributed by atoms with van der Waals surface area (Å²) in [4.78, 5) is 14.7. The molecule has 27 heavy (non-hydrogen) atoms. The Labute approximate surface area is 170 Å². The van der Waals surface area contributed by atoms with Crippen molar-refractivity contribution < 1.29 is 13.2 Å². The smallest absolute Gasteiger partial charge is 0.243 e. The number of halogens is 1.